The molecule has 2 rings (SSSR count). The van der Waals surface area contributed by atoms with Gasteiger partial charge in [0.2, 0.25) is 0 Å². The van der Waals surface area contributed by atoms with Crippen molar-refractivity contribution in [1.29, 1.82) is 5.16 Å². The van der Waals surface area contributed by atoms with Gasteiger partial charge in [-0.3, -0.25) is 5.16 Å². The van der Waals surface area contributed by atoms with Gasteiger partial charge in [0.25, 0.3) is 0 Å². The highest BCUT2D eigenvalue weighted by atomic mass is 31.2. The Morgan fingerprint density at radius 1 is 0.733 bits per heavy atom. The minimum atomic E-state index is -2.90. The van der Waals surface area contributed by atoms with Gasteiger partial charge in [-0.25, -0.2) is 0 Å². The van der Waals surface area contributed by atoms with E-state index >= 15 is 0 Å². The van der Waals surface area contributed by atoms with Crippen molar-refractivity contribution in [3.8, 4) is 0 Å². The third-order valence-electron chi connectivity index (χ3n) is 2.26. The first-order valence-electron chi connectivity index (χ1n) is 4.69. The molecule has 2 aromatic carbocycles. The number of nitrogens with one attached hydrogen (secondary N) is 1. The third-order valence-corrected chi connectivity index (χ3v) is 4.35. The predicted molar refractivity (Wildman–Crippen MR) is 64.0 cm³/mol. The van der Waals surface area contributed by atoms with Gasteiger partial charge in [0.1, 0.15) is 7.28 Å². The zero-order valence-electron chi connectivity index (χ0n) is 8.17. The molecule has 76 valence electrons. The summed E-state index contributed by atoms with van der Waals surface area (Å²) in [6.07, 6.45) is 0. The molecule has 3 heteroatoms. The second kappa shape index (κ2) is 4.01. The molecule has 0 aliphatic heterocycles. The van der Waals surface area contributed by atoms with Gasteiger partial charge < -0.3 is 4.89 Å². The smallest absolute Gasteiger partial charge is 0.137 e. The van der Waals surface area contributed by atoms with E-state index in [0.717, 1.165) is 0 Å². The van der Waals surface area contributed by atoms with E-state index in [0.29, 0.717) is 10.6 Å². The van der Waals surface area contributed by atoms with Crippen LogP contribution in [0, 0.1) is 5.16 Å². The largest absolute Gasteiger partial charge is 0.353 e. The molecule has 0 saturated carbocycles. The number of rotatable bonds is 2. The van der Waals surface area contributed by atoms with Crippen molar-refractivity contribution in [3.05, 3.63) is 60.7 Å². The lowest BCUT2D eigenvalue weighted by molar-refractivity contribution is 0.630. The molecule has 2 nitrogen and oxygen atoms in total. The number of benzene rings is 2. The van der Waals surface area contributed by atoms with Crippen LogP contribution in [0.5, 0.6) is 0 Å². The Morgan fingerprint density at radius 2 is 1.07 bits per heavy atom. The maximum Gasteiger partial charge on any atom is 0.137 e. The number of hydrogen-bond acceptors (Lipinski definition) is 1. The van der Waals surface area contributed by atoms with Crippen LogP contribution >= 0.6 is 7.28 Å². The molecule has 0 amide bonds. The van der Waals surface area contributed by atoms with Crippen LogP contribution in [0.3, 0.4) is 0 Å². The van der Waals surface area contributed by atoms with Gasteiger partial charge in [0, 0.05) is 10.6 Å². The molecule has 2 aromatic rings. The van der Waals surface area contributed by atoms with E-state index in [4.69, 9.17) is 5.16 Å². The maximum absolute atomic E-state index is 10.2. The minimum absolute atomic E-state index is 0.691. The standard InChI is InChI=1S/C12H12NOP/c13-15(14,11-7-3-1-4-8-11)12-9-5-2-6-10-12/h1-10H,(H2,13,14). The van der Waals surface area contributed by atoms with E-state index < -0.39 is 7.28 Å². The van der Waals surface area contributed by atoms with Crippen molar-refractivity contribution in [2.45, 2.75) is 0 Å². The van der Waals surface area contributed by atoms with Gasteiger partial charge >= 0.3 is 0 Å². The first kappa shape index (κ1) is 10.2. The highest BCUT2D eigenvalue weighted by Crippen LogP contribution is 2.38. The molecule has 15 heavy (non-hydrogen) atoms. The molecule has 0 saturated heterocycles. The van der Waals surface area contributed by atoms with Gasteiger partial charge in [0.05, 0.1) is 0 Å². The summed E-state index contributed by atoms with van der Waals surface area (Å²) in [5.74, 6) is 0. The lowest BCUT2D eigenvalue weighted by Crippen LogP contribution is -2.14. The molecule has 2 N–H and O–H groups in total. The molecule has 0 fully saturated rings. The summed E-state index contributed by atoms with van der Waals surface area (Å²) < 4.78 is 0. The van der Waals surface area contributed by atoms with Gasteiger partial charge in [0.15, 0.2) is 0 Å². The van der Waals surface area contributed by atoms with Crippen LogP contribution in [0.2, 0.25) is 0 Å². The zero-order valence-corrected chi connectivity index (χ0v) is 9.06. The van der Waals surface area contributed by atoms with E-state index in [2.05, 4.69) is 0 Å². The lowest BCUT2D eigenvalue weighted by atomic mass is 10.4. The molecule has 0 aliphatic rings. The van der Waals surface area contributed by atoms with Crippen molar-refractivity contribution >= 4 is 17.9 Å². The highest BCUT2D eigenvalue weighted by Gasteiger charge is 2.17. The Balaban J connectivity index is 2.50. The topological polar surface area (TPSA) is 44.1 Å². The van der Waals surface area contributed by atoms with E-state index in [9.17, 15) is 4.89 Å². The van der Waals surface area contributed by atoms with Crippen molar-refractivity contribution in [2.24, 2.45) is 0 Å². The molecular weight excluding hydrogens is 205 g/mol. The van der Waals surface area contributed by atoms with Crippen LogP contribution in [-0.2, 0) is 0 Å². The monoisotopic (exact) mass is 217 g/mol. The van der Waals surface area contributed by atoms with Crippen LogP contribution in [0.15, 0.2) is 60.7 Å². The predicted octanol–water partition coefficient (Wildman–Crippen LogP) is 2.32. The third kappa shape index (κ3) is 2.01. The Kier molecular flexibility index (Phi) is 2.72. The molecule has 0 atom stereocenters. The summed E-state index contributed by atoms with van der Waals surface area (Å²) in [5, 5.41) is 9.46. The molecule has 0 spiro atoms. The first-order chi connectivity index (χ1) is 7.21. The minimum Gasteiger partial charge on any atom is -0.353 e. The molecular formula is C12H12NOP. The Morgan fingerprint density at radius 3 is 1.40 bits per heavy atom. The van der Waals surface area contributed by atoms with Gasteiger partial charge in [-0.1, -0.05) is 60.7 Å². The Bertz CT molecular complexity index is 438. The molecule has 0 aromatic heterocycles. The quantitative estimate of drug-likeness (QED) is 0.745. The van der Waals surface area contributed by atoms with E-state index in [-0.39, 0.29) is 0 Å². The van der Waals surface area contributed by atoms with Crippen molar-refractivity contribution < 1.29 is 4.89 Å². The Labute approximate surface area is 89.1 Å². The summed E-state index contributed by atoms with van der Waals surface area (Å²) in [7, 11) is -2.90. The summed E-state index contributed by atoms with van der Waals surface area (Å²) in [6.45, 7) is 0. The SMILES string of the molecule is N=P(O)(c1ccccc1)c1ccccc1. The highest BCUT2D eigenvalue weighted by molar-refractivity contribution is 7.74. The summed E-state index contributed by atoms with van der Waals surface area (Å²) in [4.78, 5) is 10.2. The van der Waals surface area contributed by atoms with E-state index in [1.54, 1.807) is 24.3 Å². The van der Waals surface area contributed by atoms with Crippen molar-refractivity contribution in [3.63, 3.8) is 0 Å². The first-order valence-corrected chi connectivity index (χ1v) is 6.43. The Hall–Kier alpha value is -1.37. The van der Waals surface area contributed by atoms with Crippen LogP contribution in [0.4, 0.5) is 0 Å². The number of hydrogen-bond donors (Lipinski definition) is 2. The maximum atomic E-state index is 10.2. The summed E-state index contributed by atoms with van der Waals surface area (Å²) in [6, 6.07) is 18.3. The fourth-order valence-corrected chi connectivity index (χ4v) is 2.94. The lowest BCUT2D eigenvalue weighted by Gasteiger charge is -2.15. The van der Waals surface area contributed by atoms with Crippen molar-refractivity contribution in [2.75, 3.05) is 0 Å². The van der Waals surface area contributed by atoms with Gasteiger partial charge in [-0.2, -0.15) is 0 Å². The average molecular weight is 217 g/mol. The van der Waals surface area contributed by atoms with E-state index in [1.165, 1.54) is 0 Å². The second-order valence-corrected chi connectivity index (χ2v) is 5.61. The average Bonchev–Trinajstić information content (AvgIpc) is 2.31. The summed E-state index contributed by atoms with van der Waals surface area (Å²) in [5.41, 5.74) is 0. The zero-order chi connectivity index (χ0) is 10.7. The fraction of sp³-hybridized carbons (Fsp3) is 0. The molecule has 0 aliphatic carbocycles. The second-order valence-electron chi connectivity index (χ2n) is 3.31. The van der Waals surface area contributed by atoms with E-state index in [1.807, 2.05) is 36.4 Å². The fourth-order valence-electron chi connectivity index (χ4n) is 1.44. The molecule has 0 unspecified atom stereocenters. The molecule has 0 heterocycles. The normalized spacial score (nSPS) is 11.3. The van der Waals surface area contributed by atoms with Crippen LogP contribution in [-0.4, -0.2) is 4.89 Å². The van der Waals surface area contributed by atoms with Gasteiger partial charge in [-0.15, -0.1) is 0 Å². The molecule has 0 bridgehead atoms. The molecule has 0 radical (unpaired) electrons. The van der Waals surface area contributed by atoms with Crippen molar-refractivity contribution in [1.82, 2.24) is 0 Å². The van der Waals surface area contributed by atoms with Crippen LogP contribution in [0.25, 0.3) is 0 Å². The van der Waals surface area contributed by atoms with Crippen LogP contribution in [0.1, 0.15) is 0 Å². The summed E-state index contributed by atoms with van der Waals surface area (Å²) >= 11 is 0. The van der Waals surface area contributed by atoms with Crippen LogP contribution < -0.4 is 10.6 Å². The van der Waals surface area contributed by atoms with Gasteiger partial charge in [-0.05, 0) is 0 Å².